The van der Waals surface area contributed by atoms with E-state index < -0.39 is 0 Å². The van der Waals surface area contributed by atoms with Gasteiger partial charge in [-0.05, 0) is 68.6 Å². The summed E-state index contributed by atoms with van der Waals surface area (Å²) in [6.07, 6.45) is 11.8. The molecule has 3 heteroatoms. The number of hydrogen-bond acceptors (Lipinski definition) is 1. The summed E-state index contributed by atoms with van der Waals surface area (Å²) in [4.78, 5) is 13.3. The maximum atomic E-state index is 12.8. The van der Waals surface area contributed by atoms with Gasteiger partial charge in [0.25, 0.3) is 0 Å². The molecule has 0 heterocycles. The van der Waals surface area contributed by atoms with E-state index in [1.165, 1.54) is 51.4 Å². The van der Waals surface area contributed by atoms with Crippen LogP contribution in [0.25, 0.3) is 0 Å². The van der Waals surface area contributed by atoms with Crippen LogP contribution in [0, 0.1) is 29.6 Å². The van der Waals surface area contributed by atoms with E-state index in [0.717, 1.165) is 18.3 Å². The molecule has 0 aromatic rings. The third-order valence-corrected chi connectivity index (χ3v) is 7.63. The smallest absolute Gasteiger partial charge is 0.223 e. The molecule has 0 saturated heterocycles. The number of carbonyl (C=O) groups is 1. The van der Waals surface area contributed by atoms with Crippen molar-refractivity contribution >= 4 is 21.8 Å². The van der Waals surface area contributed by atoms with Gasteiger partial charge < -0.3 is 5.32 Å². The van der Waals surface area contributed by atoms with Crippen LogP contribution in [0.15, 0.2) is 0 Å². The average Bonchev–Trinajstić information content (AvgIpc) is 2.40. The second-order valence-corrected chi connectivity index (χ2v) is 9.05. The largest absolute Gasteiger partial charge is 0.352 e. The summed E-state index contributed by atoms with van der Waals surface area (Å²) in [5, 5.41) is 3.41. The van der Waals surface area contributed by atoms with Crippen molar-refractivity contribution in [2.75, 3.05) is 0 Å². The predicted molar refractivity (Wildman–Crippen MR) is 83.6 cm³/mol. The standard InChI is InChI=1S/C17H26BrNO/c18-14-3-1-2-4-15(14)19-17(20)16-12-6-10-5-11(8-12)9-13(16)7-10/h10-16H,1-9H2,(H,19,20). The molecule has 112 valence electrons. The Hall–Kier alpha value is -0.0500. The maximum Gasteiger partial charge on any atom is 0.223 e. The van der Waals surface area contributed by atoms with Gasteiger partial charge in [0.15, 0.2) is 0 Å². The van der Waals surface area contributed by atoms with Crippen molar-refractivity contribution < 1.29 is 4.79 Å². The topological polar surface area (TPSA) is 29.1 Å². The van der Waals surface area contributed by atoms with Crippen LogP contribution in [-0.2, 0) is 4.79 Å². The van der Waals surface area contributed by atoms with Crippen LogP contribution in [0.4, 0.5) is 0 Å². The first kappa shape index (κ1) is 13.6. The number of nitrogens with one attached hydrogen (secondary N) is 1. The summed E-state index contributed by atoms with van der Waals surface area (Å²) in [7, 11) is 0. The van der Waals surface area contributed by atoms with Crippen molar-refractivity contribution in [1.29, 1.82) is 0 Å². The number of rotatable bonds is 2. The highest BCUT2D eigenvalue weighted by Gasteiger charge is 2.51. The van der Waals surface area contributed by atoms with Gasteiger partial charge in [-0.2, -0.15) is 0 Å². The fourth-order valence-corrected chi connectivity index (χ4v) is 6.60. The molecule has 5 aliphatic carbocycles. The molecule has 5 fully saturated rings. The Morgan fingerprint density at radius 2 is 1.50 bits per heavy atom. The molecule has 0 aromatic heterocycles. The Morgan fingerprint density at radius 1 is 0.900 bits per heavy atom. The minimum Gasteiger partial charge on any atom is -0.352 e. The summed E-state index contributed by atoms with van der Waals surface area (Å²) in [5.74, 6) is 4.09. The Kier molecular flexibility index (Phi) is 3.60. The molecule has 5 aliphatic rings. The highest BCUT2D eigenvalue weighted by atomic mass is 79.9. The summed E-state index contributed by atoms with van der Waals surface area (Å²) in [6.45, 7) is 0. The van der Waals surface area contributed by atoms with Gasteiger partial charge in [-0.15, -0.1) is 0 Å². The third-order valence-electron chi connectivity index (χ3n) is 6.54. The van der Waals surface area contributed by atoms with E-state index in [4.69, 9.17) is 0 Å². The summed E-state index contributed by atoms with van der Waals surface area (Å²) < 4.78 is 0. The molecule has 2 atom stereocenters. The van der Waals surface area contributed by atoms with Crippen LogP contribution in [0.1, 0.15) is 57.8 Å². The van der Waals surface area contributed by atoms with Crippen LogP contribution in [-0.4, -0.2) is 16.8 Å². The summed E-state index contributed by atoms with van der Waals surface area (Å²) >= 11 is 3.77. The zero-order valence-electron chi connectivity index (χ0n) is 12.2. The van der Waals surface area contributed by atoms with Gasteiger partial charge in [-0.1, -0.05) is 28.8 Å². The van der Waals surface area contributed by atoms with Crippen LogP contribution in [0.3, 0.4) is 0 Å². The SMILES string of the molecule is O=C(NC1CCCCC1Br)C1C2CC3CC(C2)CC1C3. The van der Waals surface area contributed by atoms with Gasteiger partial charge in [0.2, 0.25) is 5.91 Å². The second kappa shape index (κ2) is 5.30. The predicted octanol–water partition coefficient (Wildman–Crippen LogP) is 3.88. The van der Waals surface area contributed by atoms with E-state index in [9.17, 15) is 4.79 Å². The Labute approximate surface area is 130 Å². The number of amides is 1. The first-order chi connectivity index (χ1) is 9.70. The first-order valence-electron chi connectivity index (χ1n) is 8.65. The second-order valence-electron chi connectivity index (χ2n) is 7.87. The van der Waals surface area contributed by atoms with Crippen molar-refractivity contribution in [2.45, 2.75) is 68.7 Å². The van der Waals surface area contributed by atoms with Gasteiger partial charge in [0.1, 0.15) is 0 Å². The normalized spacial score (nSPS) is 50.1. The molecule has 0 aromatic carbocycles. The summed E-state index contributed by atoms with van der Waals surface area (Å²) in [5.41, 5.74) is 0. The highest BCUT2D eigenvalue weighted by molar-refractivity contribution is 9.09. The van der Waals surface area contributed by atoms with E-state index in [1.54, 1.807) is 0 Å². The quantitative estimate of drug-likeness (QED) is 0.760. The molecule has 0 radical (unpaired) electrons. The molecule has 1 N–H and O–H groups in total. The molecule has 2 unspecified atom stereocenters. The maximum absolute atomic E-state index is 12.8. The minimum absolute atomic E-state index is 0.351. The van der Waals surface area contributed by atoms with Gasteiger partial charge >= 0.3 is 0 Å². The molecule has 0 spiro atoms. The van der Waals surface area contributed by atoms with Crippen molar-refractivity contribution in [1.82, 2.24) is 5.32 Å². The lowest BCUT2D eigenvalue weighted by molar-refractivity contribution is -0.139. The zero-order valence-corrected chi connectivity index (χ0v) is 13.8. The number of carbonyl (C=O) groups excluding carboxylic acids is 1. The van der Waals surface area contributed by atoms with Gasteiger partial charge in [0, 0.05) is 16.8 Å². The highest BCUT2D eigenvalue weighted by Crippen LogP contribution is 2.56. The Morgan fingerprint density at radius 3 is 2.10 bits per heavy atom. The average molecular weight is 340 g/mol. The molecule has 1 amide bonds. The lowest BCUT2D eigenvalue weighted by Gasteiger charge is -2.53. The Balaban J connectivity index is 1.43. The van der Waals surface area contributed by atoms with E-state index >= 15 is 0 Å². The number of alkyl halides is 1. The third kappa shape index (κ3) is 2.34. The molecule has 5 rings (SSSR count). The van der Waals surface area contributed by atoms with Gasteiger partial charge in [-0.3, -0.25) is 4.79 Å². The summed E-state index contributed by atoms with van der Waals surface area (Å²) in [6, 6.07) is 0.383. The minimum atomic E-state index is 0.351. The monoisotopic (exact) mass is 339 g/mol. The van der Waals surface area contributed by atoms with Crippen molar-refractivity contribution in [3.05, 3.63) is 0 Å². The molecule has 0 aliphatic heterocycles. The fourth-order valence-electron chi connectivity index (χ4n) is 5.88. The van der Waals surface area contributed by atoms with Crippen molar-refractivity contribution in [3.8, 4) is 0 Å². The van der Waals surface area contributed by atoms with E-state index in [1.807, 2.05) is 0 Å². The zero-order chi connectivity index (χ0) is 13.7. The first-order valence-corrected chi connectivity index (χ1v) is 9.56. The fraction of sp³-hybridized carbons (Fsp3) is 0.941. The molecule has 2 nitrogen and oxygen atoms in total. The van der Waals surface area contributed by atoms with Crippen LogP contribution in [0.5, 0.6) is 0 Å². The van der Waals surface area contributed by atoms with Gasteiger partial charge in [0.05, 0.1) is 0 Å². The van der Waals surface area contributed by atoms with Crippen molar-refractivity contribution in [3.63, 3.8) is 0 Å². The molecule has 5 saturated carbocycles. The number of hydrogen-bond donors (Lipinski definition) is 1. The van der Waals surface area contributed by atoms with Gasteiger partial charge in [-0.25, -0.2) is 0 Å². The molecule has 4 bridgehead atoms. The molecular formula is C17H26BrNO. The van der Waals surface area contributed by atoms with E-state index in [2.05, 4.69) is 21.2 Å². The van der Waals surface area contributed by atoms with E-state index in [-0.39, 0.29) is 0 Å². The lowest BCUT2D eigenvalue weighted by Crippen LogP contribution is -2.54. The lowest BCUT2D eigenvalue weighted by atomic mass is 9.51. The van der Waals surface area contributed by atoms with E-state index in [0.29, 0.717) is 34.5 Å². The number of halogens is 1. The Bertz CT molecular complexity index is 368. The van der Waals surface area contributed by atoms with Crippen LogP contribution >= 0.6 is 15.9 Å². The van der Waals surface area contributed by atoms with Crippen LogP contribution < -0.4 is 5.32 Å². The molecule has 20 heavy (non-hydrogen) atoms. The van der Waals surface area contributed by atoms with Crippen LogP contribution in [0.2, 0.25) is 0 Å². The van der Waals surface area contributed by atoms with Crippen molar-refractivity contribution in [2.24, 2.45) is 29.6 Å². The molecular weight excluding hydrogens is 314 g/mol.